The fourth-order valence-corrected chi connectivity index (χ4v) is 2.31. The number of nitro groups is 1. The van der Waals surface area contributed by atoms with Crippen LogP contribution in [0.25, 0.3) is 0 Å². The molecule has 1 aromatic rings. The second-order valence-corrected chi connectivity index (χ2v) is 6.13. The van der Waals surface area contributed by atoms with E-state index in [0.717, 1.165) is 11.3 Å². The van der Waals surface area contributed by atoms with Crippen molar-refractivity contribution in [3.63, 3.8) is 0 Å². The van der Waals surface area contributed by atoms with Crippen LogP contribution in [0.2, 0.25) is 0 Å². The third kappa shape index (κ3) is 4.96. The molecule has 0 fully saturated rings. The molecular formula is C12H16N2O5S. The van der Waals surface area contributed by atoms with Crippen molar-refractivity contribution in [2.75, 3.05) is 0 Å². The van der Waals surface area contributed by atoms with Crippen LogP contribution >= 0.6 is 11.3 Å². The molecule has 1 aromatic heterocycles. The van der Waals surface area contributed by atoms with E-state index in [-0.39, 0.29) is 11.4 Å². The number of nitrogens with one attached hydrogen (secondary N) is 1. The lowest BCUT2D eigenvalue weighted by Gasteiger charge is -2.22. The maximum atomic E-state index is 11.7. The van der Waals surface area contributed by atoms with E-state index in [1.165, 1.54) is 12.1 Å². The van der Waals surface area contributed by atoms with Gasteiger partial charge in [0.25, 0.3) is 0 Å². The summed E-state index contributed by atoms with van der Waals surface area (Å²) in [6.07, 6.45) is 0.00484. The lowest BCUT2D eigenvalue weighted by atomic mass is 10.2. The zero-order valence-electron chi connectivity index (χ0n) is 11.4. The summed E-state index contributed by atoms with van der Waals surface area (Å²) in [4.78, 5) is 33.0. The highest BCUT2D eigenvalue weighted by molar-refractivity contribution is 7.15. The largest absolute Gasteiger partial charge is 0.444 e. The summed E-state index contributed by atoms with van der Waals surface area (Å²) in [5.41, 5.74) is -0.655. The second kappa shape index (κ2) is 6.47. The van der Waals surface area contributed by atoms with Crippen molar-refractivity contribution in [2.24, 2.45) is 0 Å². The monoisotopic (exact) mass is 300 g/mol. The number of nitrogens with zero attached hydrogens (tertiary/aromatic N) is 1. The molecule has 0 aromatic carbocycles. The normalized spacial score (nSPS) is 12.6. The fourth-order valence-electron chi connectivity index (χ4n) is 1.42. The van der Waals surface area contributed by atoms with E-state index in [1.54, 1.807) is 20.8 Å². The number of aldehydes is 1. The van der Waals surface area contributed by atoms with Crippen LogP contribution in [0.1, 0.15) is 38.1 Å². The highest BCUT2D eigenvalue weighted by Gasteiger charge is 2.23. The molecule has 0 radical (unpaired) electrons. The summed E-state index contributed by atoms with van der Waals surface area (Å²) in [7, 11) is 0. The average molecular weight is 300 g/mol. The molecule has 0 saturated heterocycles. The van der Waals surface area contributed by atoms with Crippen LogP contribution in [0.4, 0.5) is 9.80 Å². The zero-order valence-corrected chi connectivity index (χ0v) is 12.2. The molecule has 1 atom stereocenters. The van der Waals surface area contributed by atoms with Crippen molar-refractivity contribution in [3.05, 3.63) is 27.1 Å². The maximum Gasteiger partial charge on any atom is 0.408 e. The third-order valence-corrected chi connectivity index (χ3v) is 3.31. The van der Waals surface area contributed by atoms with Crippen molar-refractivity contribution in [1.29, 1.82) is 0 Å². The molecule has 7 nitrogen and oxygen atoms in total. The summed E-state index contributed by atoms with van der Waals surface area (Å²) >= 11 is 0.921. The quantitative estimate of drug-likeness (QED) is 0.512. The van der Waals surface area contributed by atoms with Crippen LogP contribution in [0.5, 0.6) is 0 Å². The molecule has 1 N–H and O–H groups in total. The molecule has 0 aliphatic rings. The highest BCUT2D eigenvalue weighted by Crippen LogP contribution is 2.30. The van der Waals surface area contributed by atoms with Crippen LogP contribution in [0, 0.1) is 10.1 Å². The summed E-state index contributed by atoms with van der Waals surface area (Å²) in [6.45, 7) is 5.16. The van der Waals surface area contributed by atoms with E-state index < -0.39 is 22.7 Å². The van der Waals surface area contributed by atoms with Crippen molar-refractivity contribution < 1.29 is 19.2 Å². The van der Waals surface area contributed by atoms with E-state index in [1.807, 2.05) is 0 Å². The van der Waals surface area contributed by atoms with Crippen LogP contribution in [-0.4, -0.2) is 22.9 Å². The minimum Gasteiger partial charge on any atom is -0.444 e. The van der Waals surface area contributed by atoms with Crippen molar-refractivity contribution in [1.82, 2.24) is 5.32 Å². The first kappa shape index (κ1) is 16.1. The molecule has 0 aliphatic heterocycles. The molecule has 0 aliphatic carbocycles. The predicted octanol–water partition coefficient (Wildman–Crippen LogP) is 2.81. The average Bonchev–Trinajstić information content (AvgIpc) is 2.74. The molecule has 8 heteroatoms. The summed E-state index contributed by atoms with van der Waals surface area (Å²) in [6, 6.07) is 2.24. The fraction of sp³-hybridized carbons (Fsp3) is 0.500. The van der Waals surface area contributed by atoms with Gasteiger partial charge in [-0.2, -0.15) is 0 Å². The third-order valence-electron chi connectivity index (χ3n) is 2.16. The van der Waals surface area contributed by atoms with Gasteiger partial charge in [-0.15, -0.1) is 0 Å². The Morgan fingerprint density at radius 2 is 2.20 bits per heavy atom. The number of carbonyl (C=O) groups excluding carboxylic acids is 2. The number of alkyl carbamates (subject to hydrolysis) is 1. The van der Waals surface area contributed by atoms with Gasteiger partial charge in [0.1, 0.15) is 11.9 Å². The van der Waals surface area contributed by atoms with E-state index in [2.05, 4.69) is 5.32 Å². The number of carbonyl (C=O) groups is 2. The Morgan fingerprint density at radius 1 is 1.55 bits per heavy atom. The van der Waals surface area contributed by atoms with Crippen LogP contribution in [0.3, 0.4) is 0 Å². The first-order valence-electron chi connectivity index (χ1n) is 5.90. The van der Waals surface area contributed by atoms with Crippen LogP contribution in [-0.2, 0) is 9.53 Å². The first-order chi connectivity index (χ1) is 9.23. The minimum atomic E-state index is -0.666. The number of thiophene rings is 1. The molecule has 1 rings (SSSR count). The molecule has 0 saturated carbocycles. The Labute approximate surface area is 120 Å². The smallest absolute Gasteiger partial charge is 0.408 e. The van der Waals surface area contributed by atoms with Crippen LogP contribution in [0.15, 0.2) is 12.1 Å². The lowest BCUT2D eigenvalue weighted by Crippen LogP contribution is -2.34. The Bertz CT molecular complexity index is 506. The number of hydrogen-bond acceptors (Lipinski definition) is 6. The molecule has 0 bridgehead atoms. The van der Waals surface area contributed by atoms with Crippen molar-refractivity contribution in [2.45, 2.75) is 38.8 Å². The van der Waals surface area contributed by atoms with Gasteiger partial charge in [0.05, 0.1) is 11.0 Å². The maximum absolute atomic E-state index is 11.7. The first-order valence-corrected chi connectivity index (χ1v) is 6.72. The van der Waals surface area contributed by atoms with E-state index in [4.69, 9.17) is 4.74 Å². The van der Waals surface area contributed by atoms with Gasteiger partial charge in [-0.1, -0.05) is 11.3 Å². The Hall–Kier alpha value is -1.96. The number of amides is 1. The lowest BCUT2D eigenvalue weighted by molar-refractivity contribution is -0.380. The topological polar surface area (TPSA) is 98.5 Å². The highest BCUT2D eigenvalue weighted by atomic mass is 32.1. The van der Waals surface area contributed by atoms with Gasteiger partial charge in [0, 0.05) is 17.4 Å². The molecule has 0 spiro atoms. The van der Waals surface area contributed by atoms with Gasteiger partial charge in [0.15, 0.2) is 0 Å². The second-order valence-electron chi connectivity index (χ2n) is 5.03. The van der Waals surface area contributed by atoms with Gasteiger partial charge < -0.3 is 14.8 Å². The van der Waals surface area contributed by atoms with Crippen molar-refractivity contribution >= 4 is 28.7 Å². The molecule has 1 amide bonds. The molecule has 0 unspecified atom stereocenters. The van der Waals surface area contributed by atoms with Gasteiger partial charge in [-0.3, -0.25) is 10.1 Å². The standard InChI is InChI=1S/C12H16N2O5S/c1-12(2,3)19-11(16)13-8(6-7-15)9-4-5-10(20-9)14(17)18/h4-5,7-8H,6H2,1-3H3,(H,13,16)/t8-/m1/s1. The molecule has 110 valence electrons. The Balaban J connectivity index is 2.80. The van der Waals surface area contributed by atoms with E-state index in [9.17, 15) is 19.7 Å². The van der Waals surface area contributed by atoms with Crippen molar-refractivity contribution in [3.8, 4) is 0 Å². The predicted molar refractivity (Wildman–Crippen MR) is 73.8 cm³/mol. The molecule has 20 heavy (non-hydrogen) atoms. The Kier molecular flexibility index (Phi) is 5.20. The Morgan fingerprint density at radius 3 is 2.65 bits per heavy atom. The van der Waals surface area contributed by atoms with Gasteiger partial charge in [0.2, 0.25) is 0 Å². The SMILES string of the molecule is CC(C)(C)OC(=O)N[C@H](CC=O)c1ccc([N+](=O)[O-])s1. The molecule has 1 heterocycles. The number of rotatable bonds is 5. The van der Waals surface area contributed by atoms with Gasteiger partial charge in [-0.25, -0.2) is 4.79 Å². The molecular weight excluding hydrogens is 284 g/mol. The summed E-state index contributed by atoms with van der Waals surface area (Å²) in [5.74, 6) is 0. The number of ether oxygens (including phenoxy) is 1. The summed E-state index contributed by atoms with van der Waals surface area (Å²) < 4.78 is 5.10. The summed E-state index contributed by atoms with van der Waals surface area (Å²) in [5, 5.41) is 13.1. The van der Waals surface area contributed by atoms with E-state index in [0.29, 0.717) is 11.2 Å². The van der Waals surface area contributed by atoms with Crippen LogP contribution < -0.4 is 5.32 Å². The zero-order chi connectivity index (χ0) is 15.3. The van der Waals surface area contributed by atoms with E-state index >= 15 is 0 Å². The van der Waals surface area contributed by atoms with Gasteiger partial charge in [-0.05, 0) is 26.8 Å². The minimum absolute atomic E-state index is 0.0247. The van der Waals surface area contributed by atoms with Gasteiger partial charge >= 0.3 is 11.1 Å². The number of hydrogen-bond donors (Lipinski definition) is 1.